The first-order valence-electron chi connectivity index (χ1n) is 10.5. The second-order valence-electron chi connectivity index (χ2n) is 7.73. The Labute approximate surface area is 179 Å². The maximum absolute atomic E-state index is 12.9. The molecule has 0 spiro atoms. The van der Waals surface area contributed by atoms with Crippen LogP contribution in [0.25, 0.3) is 11.0 Å². The second-order valence-corrected chi connectivity index (χ2v) is 8.68. The Bertz CT molecular complexity index is 1040. The molecular weight excluding hydrogens is 404 g/mol. The molecular formula is C21H26N4O4S. The van der Waals surface area contributed by atoms with Crippen LogP contribution >= 0.6 is 11.8 Å². The van der Waals surface area contributed by atoms with Gasteiger partial charge >= 0.3 is 5.97 Å². The summed E-state index contributed by atoms with van der Waals surface area (Å²) in [6, 6.07) is 1.67. The summed E-state index contributed by atoms with van der Waals surface area (Å²) in [5.41, 5.74) is 0.939. The lowest BCUT2D eigenvalue weighted by Gasteiger charge is -2.26. The first-order valence-corrected chi connectivity index (χ1v) is 11.5. The lowest BCUT2D eigenvalue weighted by atomic mass is 10.1. The monoisotopic (exact) mass is 430 g/mol. The van der Waals surface area contributed by atoms with Gasteiger partial charge in [0.05, 0.1) is 23.8 Å². The number of aromatic nitrogens is 3. The van der Waals surface area contributed by atoms with Gasteiger partial charge in [-0.2, -0.15) is 4.98 Å². The lowest BCUT2D eigenvalue weighted by molar-refractivity contribution is -0.129. The Kier molecular flexibility index (Phi) is 6.08. The van der Waals surface area contributed by atoms with Crippen LogP contribution in [0.2, 0.25) is 0 Å². The van der Waals surface area contributed by atoms with Crippen molar-refractivity contribution in [3.05, 3.63) is 27.7 Å². The predicted octanol–water partition coefficient (Wildman–Crippen LogP) is 2.58. The molecule has 1 aliphatic carbocycles. The van der Waals surface area contributed by atoms with E-state index in [-0.39, 0.29) is 22.6 Å². The van der Waals surface area contributed by atoms with E-state index in [0.717, 1.165) is 50.9 Å². The fourth-order valence-electron chi connectivity index (χ4n) is 3.87. The minimum atomic E-state index is -0.563. The molecule has 8 nitrogen and oxygen atoms in total. The molecule has 0 N–H and O–H groups in total. The van der Waals surface area contributed by atoms with Gasteiger partial charge in [-0.15, -0.1) is 0 Å². The van der Waals surface area contributed by atoms with Gasteiger partial charge in [-0.05, 0) is 45.1 Å². The van der Waals surface area contributed by atoms with Crippen LogP contribution in [-0.2, 0) is 16.1 Å². The van der Waals surface area contributed by atoms with Crippen molar-refractivity contribution in [2.24, 2.45) is 0 Å². The molecule has 2 aromatic heterocycles. The molecule has 4 rings (SSSR count). The normalized spacial score (nSPS) is 16.7. The van der Waals surface area contributed by atoms with Gasteiger partial charge in [0.25, 0.3) is 5.56 Å². The Morgan fingerprint density at radius 1 is 1.20 bits per heavy atom. The zero-order chi connectivity index (χ0) is 21.3. The highest BCUT2D eigenvalue weighted by molar-refractivity contribution is 7.99. The second kappa shape index (κ2) is 8.75. The Morgan fingerprint density at radius 2 is 1.93 bits per heavy atom. The summed E-state index contributed by atoms with van der Waals surface area (Å²) in [6.45, 7) is 4.04. The van der Waals surface area contributed by atoms with E-state index in [1.54, 1.807) is 6.07 Å². The summed E-state index contributed by atoms with van der Waals surface area (Å²) in [4.78, 5) is 48.6. The number of esters is 1. The van der Waals surface area contributed by atoms with Crippen LogP contribution in [0.5, 0.6) is 0 Å². The van der Waals surface area contributed by atoms with Crippen LogP contribution in [0.15, 0.2) is 16.0 Å². The van der Waals surface area contributed by atoms with E-state index in [1.807, 2.05) is 16.4 Å². The third-order valence-electron chi connectivity index (χ3n) is 5.67. The topological polar surface area (TPSA) is 94.4 Å². The molecule has 0 atom stereocenters. The number of nitrogens with zero attached hydrogens (tertiary/aromatic N) is 4. The van der Waals surface area contributed by atoms with Crippen molar-refractivity contribution in [3.8, 4) is 0 Å². The van der Waals surface area contributed by atoms with Crippen LogP contribution in [0, 0.1) is 0 Å². The van der Waals surface area contributed by atoms with Gasteiger partial charge in [-0.25, -0.2) is 9.78 Å². The van der Waals surface area contributed by atoms with Gasteiger partial charge in [0, 0.05) is 31.2 Å². The van der Waals surface area contributed by atoms with Crippen molar-refractivity contribution in [3.63, 3.8) is 0 Å². The third kappa shape index (κ3) is 4.08. The van der Waals surface area contributed by atoms with Crippen molar-refractivity contribution in [1.29, 1.82) is 0 Å². The van der Waals surface area contributed by atoms with Gasteiger partial charge in [0.2, 0.25) is 5.91 Å². The Balaban J connectivity index is 1.73. The molecule has 9 heteroatoms. The first kappa shape index (κ1) is 20.8. The van der Waals surface area contributed by atoms with Gasteiger partial charge in [-0.3, -0.25) is 9.59 Å². The van der Waals surface area contributed by atoms with Crippen LogP contribution in [0.3, 0.4) is 0 Å². The number of amides is 1. The number of carbonyl (C=O) groups is 2. The maximum Gasteiger partial charge on any atom is 0.338 e. The van der Waals surface area contributed by atoms with E-state index in [1.165, 1.54) is 18.9 Å². The predicted molar refractivity (Wildman–Crippen MR) is 114 cm³/mol. The van der Waals surface area contributed by atoms with E-state index in [2.05, 4.69) is 4.98 Å². The third-order valence-corrected chi connectivity index (χ3v) is 6.63. The zero-order valence-electron chi connectivity index (χ0n) is 17.3. The number of thioether (sulfide) groups is 1. The molecule has 2 aromatic rings. The summed E-state index contributed by atoms with van der Waals surface area (Å²) in [6.07, 6.45) is 5.28. The molecule has 3 heterocycles. The van der Waals surface area contributed by atoms with Crippen molar-refractivity contribution in [1.82, 2.24) is 19.4 Å². The largest absolute Gasteiger partial charge is 0.465 e. The number of methoxy groups -OCH3 is 1. The summed E-state index contributed by atoms with van der Waals surface area (Å²) in [7, 11) is 1.30. The number of ether oxygens (including phenoxy) is 1. The SMILES string of the molecule is CCn1c(SCC(=O)N2CCCCC2)nc(=O)c2c(C(=O)OC)cc(C3CC3)nc21. The Hall–Kier alpha value is -2.42. The fourth-order valence-corrected chi connectivity index (χ4v) is 4.82. The summed E-state index contributed by atoms with van der Waals surface area (Å²) < 4.78 is 6.73. The average molecular weight is 431 g/mol. The molecule has 1 amide bonds. The molecule has 2 fully saturated rings. The molecule has 0 unspecified atom stereocenters. The first-order chi connectivity index (χ1) is 14.5. The highest BCUT2D eigenvalue weighted by Crippen LogP contribution is 2.40. The number of likely N-dealkylation sites (tertiary alicyclic amines) is 1. The summed E-state index contributed by atoms with van der Waals surface area (Å²) >= 11 is 1.26. The number of carbonyl (C=O) groups excluding carboxylic acids is 2. The molecule has 1 aliphatic heterocycles. The van der Waals surface area contributed by atoms with Gasteiger partial charge < -0.3 is 14.2 Å². The number of fused-ring (bicyclic) bond motifs is 1. The molecule has 0 radical (unpaired) electrons. The lowest BCUT2D eigenvalue weighted by Crippen LogP contribution is -2.36. The van der Waals surface area contributed by atoms with Crippen LogP contribution < -0.4 is 5.56 Å². The van der Waals surface area contributed by atoms with E-state index >= 15 is 0 Å². The minimum absolute atomic E-state index is 0.0617. The fraction of sp³-hybridized carbons (Fsp3) is 0.571. The van der Waals surface area contributed by atoms with E-state index in [9.17, 15) is 14.4 Å². The van der Waals surface area contributed by atoms with Crippen molar-refractivity contribution >= 4 is 34.7 Å². The number of piperidine rings is 1. The molecule has 1 saturated carbocycles. The zero-order valence-corrected chi connectivity index (χ0v) is 18.2. The molecule has 0 bridgehead atoms. The van der Waals surface area contributed by atoms with Crippen molar-refractivity contribution < 1.29 is 14.3 Å². The average Bonchev–Trinajstić information content (AvgIpc) is 3.62. The highest BCUT2D eigenvalue weighted by Gasteiger charge is 2.29. The number of hydrogen-bond acceptors (Lipinski definition) is 7. The van der Waals surface area contributed by atoms with Crippen molar-refractivity contribution in [2.45, 2.75) is 56.6 Å². The quantitative estimate of drug-likeness (QED) is 0.395. The number of hydrogen-bond donors (Lipinski definition) is 0. The van der Waals surface area contributed by atoms with Crippen LogP contribution in [0.1, 0.15) is 61.0 Å². The molecule has 160 valence electrons. The van der Waals surface area contributed by atoms with Gasteiger partial charge in [0.1, 0.15) is 5.65 Å². The minimum Gasteiger partial charge on any atom is -0.465 e. The smallest absolute Gasteiger partial charge is 0.338 e. The highest BCUT2D eigenvalue weighted by atomic mass is 32.2. The van der Waals surface area contributed by atoms with Crippen LogP contribution in [-0.4, -0.2) is 57.3 Å². The van der Waals surface area contributed by atoms with Crippen LogP contribution in [0.4, 0.5) is 0 Å². The van der Waals surface area contributed by atoms with E-state index in [0.29, 0.717) is 23.3 Å². The standard InChI is InChI=1S/C21H26N4O4S/c1-3-25-18-17(14(20(28)29-2)11-15(22-18)13-7-8-13)19(27)23-21(25)30-12-16(26)24-9-5-4-6-10-24/h11,13H,3-10,12H2,1-2H3. The molecule has 2 aliphatic rings. The van der Waals surface area contributed by atoms with Gasteiger partial charge in [0.15, 0.2) is 5.16 Å². The number of rotatable bonds is 6. The molecule has 30 heavy (non-hydrogen) atoms. The van der Waals surface area contributed by atoms with Gasteiger partial charge in [-0.1, -0.05) is 11.8 Å². The molecule has 1 saturated heterocycles. The molecule has 0 aromatic carbocycles. The number of aryl methyl sites for hydroxylation is 1. The summed E-state index contributed by atoms with van der Waals surface area (Å²) in [5.74, 6) is 0.0331. The van der Waals surface area contributed by atoms with Crippen molar-refractivity contribution in [2.75, 3.05) is 26.0 Å². The van der Waals surface area contributed by atoms with E-state index in [4.69, 9.17) is 9.72 Å². The Morgan fingerprint density at radius 3 is 2.57 bits per heavy atom. The summed E-state index contributed by atoms with van der Waals surface area (Å²) in [5, 5.41) is 0.636. The maximum atomic E-state index is 12.9. The van der Waals surface area contributed by atoms with E-state index < -0.39 is 11.5 Å². The number of pyridine rings is 1.